The molecule has 1 atom stereocenters. The summed E-state index contributed by atoms with van der Waals surface area (Å²) in [6.07, 6.45) is 7.50. The van der Waals surface area contributed by atoms with Gasteiger partial charge in [-0.2, -0.15) is 10.2 Å². The van der Waals surface area contributed by atoms with Crippen molar-refractivity contribution < 1.29 is 4.79 Å². The molecule has 3 aromatic rings. The molecule has 2 aromatic heterocycles. The van der Waals surface area contributed by atoms with Gasteiger partial charge in [-0.1, -0.05) is 6.07 Å². The molecule has 1 aliphatic heterocycles. The molecule has 1 aliphatic rings. The lowest BCUT2D eigenvalue weighted by atomic mass is 10.1. The Labute approximate surface area is 127 Å². The standard InChI is InChI=1S/C16H17N5O/c22-16(13-5-1-6-15-14(13)10-17-19-15)21-9-2-4-12(21)11-20-8-3-7-18-20/h1,3,5-8,10,12H,2,4,9,11H2,(H,17,19). The molecule has 1 aromatic carbocycles. The molecule has 0 radical (unpaired) electrons. The highest BCUT2D eigenvalue weighted by Crippen LogP contribution is 2.24. The van der Waals surface area contributed by atoms with Gasteiger partial charge in [-0.3, -0.25) is 14.6 Å². The summed E-state index contributed by atoms with van der Waals surface area (Å²) in [6.45, 7) is 1.55. The van der Waals surface area contributed by atoms with E-state index in [1.807, 2.05) is 40.0 Å². The second-order valence-electron chi connectivity index (χ2n) is 5.66. The third kappa shape index (κ3) is 2.16. The Kier molecular flexibility index (Phi) is 3.14. The van der Waals surface area contributed by atoms with Crippen molar-refractivity contribution in [3.05, 3.63) is 48.4 Å². The Morgan fingerprint density at radius 2 is 2.32 bits per heavy atom. The highest BCUT2D eigenvalue weighted by Gasteiger charge is 2.30. The lowest BCUT2D eigenvalue weighted by Crippen LogP contribution is -2.38. The molecule has 112 valence electrons. The summed E-state index contributed by atoms with van der Waals surface area (Å²) >= 11 is 0. The number of nitrogens with zero attached hydrogens (tertiary/aromatic N) is 4. The van der Waals surface area contributed by atoms with Crippen molar-refractivity contribution >= 4 is 16.8 Å². The van der Waals surface area contributed by atoms with Crippen LogP contribution in [0.15, 0.2) is 42.9 Å². The fourth-order valence-electron chi connectivity index (χ4n) is 3.23. The number of nitrogens with one attached hydrogen (secondary N) is 1. The summed E-state index contributed by atoms with van der Waals surface area (Å²) in [4.78, 5) is 14.9. The first-order valence-electron chi connectivity index (χ1n) is 7.53. The number of aromatic amines is 1. The van der Waals surface area contributed by atoms with Gasteiger partial charge >= 0.3 is 0 Å². The van der Waals surface area contributed by atoms with Crippen LogP contribution in [0.4, 0.5) is 0 Å². The molecule has 0 saturated carbocycles. The number of H-pyrrole nitrogens is 1. The van der Waals surface area contributed by atoms with E-state index < -0.39 is 0 Å². The Morgan fingerprint density at radius 3 is 3.18 bits per heavy atom. The third-order valence-corrected chi connectivity index (χ3v) is 4.31. The Bertz CT molecular complexity index is 792. The van der Waals surface area contributed by atoms with E-state index in [1.165, 1.54) is 0 Å². The van der Waals surface area contributed by atoms with Gasteiger partial charge in [0.25, 0.3) is 5.91 Å². The number of rotatable bonds is 3. The molecule has 1 fully saturated rings. The molecule has 0 bridgehead atoms. The maximum Gasteiger partial charge on any atom is 0.254 e. The smallest absolute Gasteiger partial charge is 0.254 e. The molecule has 0 aliphatic carbocycles. The fourth-order valence-corrected chi connectivity index (χ4v) is 3.23. The maximum atomic E-state index is 13.0. The average Bonchev–Trinajstić information content (AvgIpc) is 3.27. The molecular formula is C16H17N5O. The van der Waals surface area contributed by atoms with Crippen LogP contribution in [-0.2, 0) is 6.54 Å². The molecule has 3 heterocycles. The van der Waals surface area contributed by atoms with Crippen LogP contribution >= 0.6 is 0 Å². The third-order valence-electron chi connectivity index (χ3n) is 4.31. The first-order valence-corrected chi connectivity index (χ1v) is 7.53. The van der Waals surface area contributed by atoms with E-state index >= 15 is 0 Å². The molecule has 0 spiro atoms. The van der Waals surface area contributed by atoms with Crippen molar-refractivity contribution in [2.45, 2.75) is 25.4 Å². The van der Waals surface area contributed by atoms with Gasteiger partial charge in [0.15, 0.2) is 0 Å². The van der Waals surface area contributed by atoms with Crippen LogP contribution in [0.2, 0.25) is 0 Å². The summed E-state index contributed by atoms with van der Waals surface area (Å²) < 4.78 is 1.90. The van der Waals surface area contributed by atoms with E-state index in [4.69, 9.17) is 0 Å². The quantitative estimate of drug-likeness (QED) is 0.804. The van der Waals surface area contributed by atoms with Gasteiger partial charge in [-0.15, -0.1) is 0 Å². The van der Waals surface area contributed by atoms with Gasteiger partial charge in [-0.05, 0) is 31.0 Å². The molecule has 1 N–H and O–H groups in total. The first kappa shape index (κ1) is 13.1. The highest BCUT2D eigenvalue weighted by molar-refractivity contribution is 6.06. The Balaban J connectivity index is 1.62. The normalized spacial score (nSPS) is 18.2. The Morgan fingerprint density at radius 1 is 1.36 bits per heavy atom. The topological polar surface area (TPSA) is 66.8 Å². The number of aromatic nitrogens is 4. The van der Waals surface area contributed by atoms with Crippen LogP contribution in [0, 0.1) is 0 Å². The van der Waals surface area contributed by atoms with Crippen molar-refractivity contribution in [1.29, 1.82) is 0 Å². The summed E-state index contributed by atoms with van der Waals surface area (Å²) in [5.74, 6) is 0.0849. The molecule has 6 nitrogen and oxygen atoms in total. The van der Waals surface area contributed by atoms with Crippen LogP contribution in [0.5, 0.6) is 0 Å². The van der Waals surface area contributed by atoms with Crippen molar-refractivity contribution in [2.24, 2.45) is 0 Å². The number of likely N-dealkylation sites (tertiary alicyclic amines) is 1. The minimum absolute atomic E-state index is 0.0849. The van der Waals surface area contributed by atoms with Gasteiger partial charge < -0.3 is 4.90 Å². The van der Waals surface area contributed by atoms with Crippen LogP contribution in [0.3, 0.4) is 0 Å². The number of hydrogen-bond acceptors (Lipinski definition) is 3. The SMILES string of the molecule is O=C(c1cccc2[nH]ncc12)N1CCCC1Cn1cccn1. The molecule has 22 heavy (non-hydrogen) atoms. The molecular weight excluding hydrogens is 278 g/mol. The zero-order valence-electron chi connectivity index (χ0n) is 12.1. The predicted molar refractivity (Wildman–Crippen MR) is 82.4 cm³/mol. The number of benzene rings is 1. The first-order chi connectivity index (χ1) is 10.8. The van der Waals surface area contributed by atoms with Crippen molar-refractivity contribution in [3.8, 4) is 0 Å². The van der Waals surface area contributed by atoms with Crippen LogP contribution in [0.1, 0.15) is 23.2 Å². The molecule has 1 amide bonds. The van der Waals surface area contributed by atoms with Gasteiger partial charge in [0, 0.05) is 24.3 Å². The van der Waals surface area contributed by atoms with Gasteiger partial charge in [0.1, 0.15) is 0 Å². The maximum absolute atomic E-state index is 13.0. The highest BCUT2D eigenvalue weighted by atomic mass is 16.2. The monoisotopic (exact) mass is 295 g/mol. The zero-order valence-corrected chi connectivity index (χ0v) is 12.1. The number of carbonyl (C=O) groups excluding carboxylic acids is 1. The largest absolute Gasteiger partial charge is 0.334 e. The minimum Gasteiger partial charge on any atom is -0.334 e. The van der Waals surface area contributed by atoms with E-state index in [-0.39, 0.29) is 11.9 Å². The Hall–Kier alpha value is -2.63. The van der Waals surface area contributed by atoms with Gasteiger partial charge in [0.05, 0.1) is 29.9 Å². The summed E-state index contributed by atoms with van der Waals surface area (Å²) in [7, 11) is 0. The fraction of sp³-hybridized carbons (Fsp3) is 0.312. The van der Waals surface area contributed by atoms with E-state index in [9.17, 15) is 4.79 Å². The molecule has 6 heteroatoms. The van der Waals surface area contributed by atoms with Crippen molar-refractivity contribution in [1.82, 2.24) is 24.9 Å². The van der Waals surface area contributed by atoms with Crippen LogP contribution < -0.4 is 0 Å². The second kappa shape index (κ2) is 5.29. The van der Waals surface area contributed by atoms with Gasteiger partial charge in [-0.25, -0.2) is 0 Å². The van der Waals surface area contributed by atoms with E-state index in [1.54, 1.807) is 12.4 Å². The van der Waals surface area contributed by atoms with Crippen molar-refractivity contribution in [2.75, 3.05) is 6.54 Å². The zero-order chi connectivity index (χ0) is 14.9. The molecule has 1 unspecified atom stereocenters. The summed E-state index contributed by atoms with van der Waals surface area (Å²) in [5, 5.41) is 12.1. The second-order valence-corrected chi connectivity index (χ2v) is 5.66. The van der Waals surface area contributed by atoms with E-state index in [0.29, 0.717) is 0 Å². The van der Waals surface area contributed by atoms with E-state index in [0.717, 1.165) is 42.4 Å². The number of carbonyl (C=O) groups is 1. The van der Waals surface area contributed by atoms with Crippen LogP contribution in [0.25, 0.3) is 10.9 Å². The molecule has 4 rings (SSSR count). The summed E-state index contributed by atoms with van der Waals surface area (Å²) in [5.41, 5.74) is 1.62. The van der Waals surface area contributed by atoms with Crippen molar-refractivity contribution in [3.63, 3.8) is 0 Å². The van der Waals surface area contributed by atoms with Gasteiger partial charge in [0.2, 0.25) is 0 Å². The predicted octanol–water partition coefficient (Wildman–Crippen LogP) is 2.06. The van der Waals surface area contributed by atoms with Crippen LogP contribution in [-0.4, -0.2) is 43.4 Å². The number of hydrogen-bond donors (Lipinski definition) is 1. The van der Waals surface area contributed by atoms with E-state index in [2.05, 4.69) is 15.3 Å². The lowest BCUT2D eigenvalue weighted by molar-refractivity contribution is 0.0723. The number of fused-ring (bicyclic) bond motifs is 1. The molecule has 1 saturated heterocycles. The minimum atomic E-state index is 0.0849. The average molecular weight is 295 g/mol. The summed E-state index contributed by atoms with van der Waals surface area (Å²) in [6, 6.07) is 7.82. The lowest BCUT2D eigenvalue weighted by Gasteiger charge is -2.25. The number of amides is 1.